The zero-order valence-electron chi connectivity index (χ0n) is 9.38. The second kappa shape index (κ2) is 5.44. The molecule has 0 spiro atoms. The molecule has 19 heavy (non-hydrogen) atoms. The maximum absolute atomic E-state index is 13.3. The molecule has 0 atom stereocenters. The van der Waals surface area contributed by atoms with Crippen LogP contribution in [0.2, 0.25) is 0 Å². The molecule has 2 aromatic rings. The lowest BCUT2D eigenvalue weighted by Gasteiger charge is -2.08. The Labute approximate surface area is 115 Å². The molecule has 0 saturated heterocycles. The van der Waals surface area contributed by atoms with Crippen molar-refractivity contribution in [2.75, 3.05) is 5.32 Å². The summed E-state index contributed by atoms with van der Waals surface area (Å²) in [6.45, 7) is 0. The lowest BCUT2D eigenvalue weighted by molar-refractivity contribution is 0.102. The predicted molar refractivity (Wildman–Crippen MR) is 68.4 cm³/mol. The van der Waals surface area contributed by atoms with E-state index in [1.165, 1.54) is 18.2 Å². The minimum absolute atomic E-state index is 0.0467. The van der Waals surface area contributed by atoms with Gasteiger partial charge in [-0.3, -0.25) is 4.79 Å². The van der Waals surface area contributed by atoms with Gasteiger partial charge < -0.3 is 5.32 Å². The number of anilines is 1. The molecule has 0 aliphatic heterocycles. The Hall–Kier alpha value is -1.82. The summed E-state index contributed by atoms with van der Waals surface area (Å²) in [5.74, 6) is -3.23. The van der Waals surface area contributed by atoms with Crippen LogP contribution in [0.15, 0.2) is 40.9 Å². The number of carbonyl (C=O) groups excluding carboxylic acids is 1. The smallest absolute Gasteiger partial charge is 0.255 e. The van der Waals surface area contributed by atoms with Gasteiger partial charge in [-0.15, -0.1) is 0 Å². The molecule has 0 unspecified atom stereocenters. The number of benzene rings is 2. The number of carbonyl (C=O) groups is 1. The van der Waals surface area contributed by atoms with E-state index in [0.717, 1.165) is 18.2 Å². The normalized spacial score (nSPS) is 10.3. The van der Waals surface area contributed by atoms with Crippen molar-refractivity contribution >= 4 is 27.5 Å². The SMILES string of the molecule is O=C(Nc1c(F)cccc1F)c1cc(F)cc(Br)c1. The molecule has 0 heterocycles. The number of hydrogen-bond acceptors (Lipinski definition) is 1. The Morgan fingerprint density at radius 1 is 1.05 bits per heavy atom. The van der Waals surface area contributed by atoms with Gasteiger partial charge in [0, 0.05) is 10.0 Å². The van der Waals surface area contributed by atoms with Crippen LogP contribution in [0.3, 0.4) is 0 Å². The number of hydrogen-bond donors (Lipinski definition) is 1. The van der Waals surface area contributed by atoms with Gasteiger partial charge >= 0.3 is 0 Å². The van der Waals surface area contributed by atoms with Crippen LogP contribution in [0.1, 0.15) is 10.4 Å². The van der Waals surface area contributed by atoms with Gasteiger partial charge in [0.1, 0.15) is 23.1 Å². The standard InChI is InChI=1S/C13H7BrF3NO/c14-8-4-7(5-9(15)6-8)13(19)18-12-10(16)2-1-3-11(12)17/h1-6H,(H,18,19). The van der Waals surface area contributed by atoms with Crippen LogP contribution in [-0.2, 0) is 0 Å². The van der Waals surface area contributed by atoms with Gasteiger partial charge in [-0.1, -0.05) is 22.0 Å². The first-order chi connectivity index (χ1) is 8.97. The van der Waals surface area contributed by atoms with E-state index in [-0.39, 0.29) is 5.56 Å². The molecule has 0 aliphatic rings. The summed E-state index contributed by atoms with van der Waals surface area (Å²) in [6, 6.07) is 6.69. The number of para-hydroxylation sites is 1. The third kappa shape index (κ3) is 3.14. The van der Waals surface area contributed by atoms with Gasteiger partial charge in [0.05, 0.1) is 0 Å². The van der Waals surface area contributed by atoms with Crippen molar-refractivity contribution < 1.29 is 18.0 Å². The highest BCUT2D eigenvalue weighted by Crippen LogP contribution is 2.20. The minimum Gasteiger partial charge on any atom is -0.317 e. The molecule has 2 nitrogen and oxygen atoms in total. The average Bonchev–Trinajstić information content (AvgIpc) is 2.32. The van der Waals surface area contributed by atoms with Crippen molar-refractivity contribution in [1.82, 2.24) is 0 Å². The monoisotopic (exact) mass is 329 g/mol. The predicted octanol–water partition coefficient (Wildman–Crippen LogP) is 4.12. The molecule has 2 aromatic carbocycles. The molecule has 98 valence electrons. The maximum atomic E-state index is 13.3. The van der Waals surface area contributed by atoms with Gasteiger partial charge in [-0.25, -0.2) is 13.2 Å². The van der Waals surface area contributed by atoms with Crippen molar-refractivity contribution in [3.8, 4) is 0 Å². The van der Waals surface area contributed by atoms with E-state index in [9.17, 15) is 18.0 Å². The van der Waals surface area contributed by atoms with E-state index in [4.69, 9.17) is 0 Å². The summed E-state index contributed by atoms with van der Waals surface area (Å²) in [6.07, 6.45) is 0. The number of rotatable bonds is 2. The lowest BCUT2D eigenvalue weighted by Crippen LogP contribution is -2.14. The van der Waals surface area contributed by atoms with Crippen LogP contribution in [0.5, 0.6) is 0 Å². The third-order valence-corrected chi connectivity index (χ3v) is 2.78. The maximum Gasteiger partial charge on any atom is 0.255 e. The third-order valence-electron chi connectivity index (χ3n) is 2.33. The van der Waals surface area contributed by atoms with E-state index in [1.807, 2.05) is 0 Å². The molecule has 0 fully saturated rings. The summed E-state index contributed by atoms with van der Waals surface area (Å²) in [4.78, 5) is 11.8. The first-order valence-corrected chi connectivity index (χ1v) is 5.98. The molecule has 1 N–H and O–H groups in total. The Bertz CT molecular complexity index is 605. The second-order valence-electron chi connectivity index (χ2n) is 3.71. The van der Waals surface area contributed by atoms with Crippen molar-refractivity contribution in [2.24, 2.45) is 0 Å². The van der Waals surface area contributed by atoms with Crippen molar-refractivity contribution in [1.29, 1.82) is 0 Å². The van der Waals surface area contributed by atoms with Crippen LogP contribution in [-0.4, -0.2) is 5.91 Å². The topological polar surface area (TPSA) is 29.1 Å². The summed E-state index contributed by atoms with van der Waals surface area (Å²) < 4.78 is 40.2. The molecular weight excluding hydrogens is 323 g/mol. The molecule has 1 amide bonds. The number of halogens is 4. The fraction of sp³-hybridized carbons (Fsp3) is 0. The van der Waals surface area contributed by atoms with Crippen molar-refractivity contribution in [2.45, 2.75) is 0 Å². The summed E-state index contributed by atoms with van der Waals surface area (Å²) in [7, 11) is 0. The molecular formula is C13H7BrF3NO. The van der Waals surface area contributed by atoms with Crippen LogP contribution in [0.25, 0.3) is 0 Å². The number of nitrogens with one attached hydrogen (secondary N) is 1. The van der Waals surface area contributed by atoms with Crippen LogP contribution < -0.4 is 5.32 Å². The molecule has 2 rings (SSSR count). The van der Waals surface area contributed by atoms with Crippen LogP contribution in [0.4, 0.5) is 18.9 Å². The first kappa shape index (κ1) is 13.6. The fourth-order valence-corrected chi connectivity index (χ4v) is 1.95. The Morgan fingerprint density at radius 2 is 1.68 bits per heavy atom. The van der Waals surface area contributed by atoms with Gasteiger partial charge in [-0.05, 0) is 30.3 Å². The Balaban J connectivity index is 2.31. The first-order valence-electron chi connectivity index (χ1n) is 5.19. The molecule has 0 aliphatic carbocycles. The fourth-order valence-electron chi connectivity index (χ4n) is 1.49. The van der Waals surface area contributed by atoms with E-state index in [0.29, 0.717) is 4.47 Å². The number of amides is 1. The summed E-state index contributed by atoms with van der Waals surface area (Å²) in [5.41, 5.74) is -0.609. The van der Waals surface area contributed by atoms with E-state index in [2.05, 4.69) is 21.2 Å². The summed E-state index contributed by atoms with van der Waals surface area (Å²) in [5, 5.41) is 2.07. The minimum atomic E-state index is -0.899. The van der Waals surface area contributed by atoms with E-state index in [1.54, 1.807) is 0 Å². The Kier molecular flexibility index (Phi) is 3.90. The van der Waals surface area contributed by atoms with Crippen molar-refractivity contribution in [3.05, 3.63) is 63.9 Å². The summed E-state index contributed by atoms with van der Waals surface area (Å²) >= 11 is 3.03. The van der Waals surface area contributed by atoms with Gasteiger partial charge in [0.25, 0.3) is 5.91 Å². The zero-order chi connectivity index (χ0) is 14.0. The highest BCUT2D eigenvalue weighted by Gasteiger charge is 2.14. The van der Waals surface area contributed by atoms with E-state index >= 15 is 0 Å². The molecule has 0 bridgehead atoms. The highest BCUT2D eigenvalue weighted by atomic mass is 79.9. The lowest BCUT2D eigenvalue weighted by atomic mass is 10.2. The average molecular weight is 330 g/mol. The van der Waals surface area contributed by atoms with Crippen LogP contribution in [0, 0.1) is 17.5 Å². The second-order valence-corrected chi connectivity index (χ2v) is 4.62. The quantitative estimate of drug-likeness (QED) is 0.882. The van der Waals surface area contributed by atoms with Gasteiger partial charge in [0.2, 0.25) is 0 Å². The zero-order valence-corrected chi connectivity index (χ0v) is 11.0. The largest absolute Gasteiger partial charge is 0.317 e. The highest BCUT2D eigenvalue weighted by molar-refractivity contribution is 9.10. The van der Waals surface area contributed by atoms with Gasteiger partial charge in [-0.2, -0.15) is 0 Å². The molecule has 6 heteroatoms. The van der Waals surface area contributed by atoms with Crippen molar-refractivity contribution in [3.63, 3.8) is 0 Å². The Morgan fingerprint density at radius 3 is 2.26 bits per heavy atom. The molecule has 0 saturated carbocycles. The van der Waals surface area contributed by atoms with E-state index < -0.39 is 29.0 Å². The molecule has 0 aromatic heterocycles. The van der Waals surface area contributed by atoms with Crippen LogP contribution >= 0.6 is 15.9 Å². The molecule has 0 radical (unpaired) electrons. The van der Waals surface area contributed by atoms with Gasteiger partial charge in [0.15, 0.2) is 0 Å².